The van der Waals surface area contributed by atoms with Gasteiger partial charge in [0.2, 0.25) is 5.91 Å². The summed E-state index contributed by atoms with van der Waals surface area (Å²) in [5.41, 5.74) is 4.38. The number of thioether (sulfide) groups is 1. The molecule has 1 saturated heterocycles. The number of thiocarbonyl (C=S) groups is 1. The minimum Gasteiger partial charge on any atom is -0.352 e. The Hall–Kier alpha value is -3.22. The van der Waals surface area contributed by atoms with Gasteiger partial charge in [-0.25, -0.2) is 0 Å². The molecule has 0 bridgehead atoms. The summed E-state index contributed by atoms with van der Waals surface area (Å²) in [5, 5.41) is 2.95. The standard InChI is InChI=1S/C29H28N2O2S2/c32-27(30-21-23-10-4-1-5-11-23)14-8-3-9-19-31-28(33)26(35-29(31)34)20-22-15-17-25(18-16-22)24-12-6-2-7-13-24/h1-2,4-7,10-13,15-18,20H,3,8-9,14,19,21H2,(H,30,32)/b26-20-. The molecular weight excluding hydrogens is 472 g/mol. The van der Waals surface area contributed by atoms with Gasteiger partial charge in [0, 0.05) is 19.5 Å². The molecule has 1 aliphatic heterocycles. The van der Waals surface area contributed by atoms with Crippen LogP contribution in [0.1, 0.15) is 36.8 Å². The number of rotatable bonds is 10. The van der Waals surface area contributed by atoms with Gasteiger partial charge >= 0.3 is 0 Å². The third-order valence-corrected chi connectivity index (χ3v) is 7.19. The highest BCUT2D eigenvalue weighted by Crippen LogP contribution is 2.33. The molecule has 0 unspecified atom stereocenters. The van der Waals surface area contributed by atoms with Crippen molar-refractivity contribution in [1.29, 1.82) is 0 Å². The predicted molar refractivity (Wildman–Crippen MR) is 149 cm³/mol. The van der Waals surface area contributed by atoms with Gasteiger partial charge in [-0.2, -0.15) is 0 Å². The van der Waals surface area contributed by atoms with Crippen LogP contribution in [-0.2, 0) is 16.1 Å². The summed E-state index contributed by atoms with van der Waals surface area (Å²) in [5.74, 6) is 0.0217. The maximum Gasteiger partial charge on any atom is 0.266 e. The first-order chi connectivity index (χ1) is 17.1. The molecule has 4 nitrogen and oxygen atoms in total. The molecular formula is C29H28N2O2S2. The minimum atomic E-state index is -0.0345. The normalized spacial score (nSPS) is 14.5. The first kappa shape index (κ1) is 24.9. The van der Waals surface area contributed by atoms with Crippen LogP contribution in [0.5, 0.6) is 0 Å². The van der Waals surface area contributed by atoms with Crippen molar-refractivity contribution in [2.75, 3.05) is 6.54 Å². The number of hydrogen-bond donors (Lipinski definition) is 1. The van der Waals surface area contributed by atoms with Gasteiger partial charge in [0.15, 0.2) is 0 Å². The Balaban J connectivity index is 1.21. The molecule has 0 radical (unpaired) electrons. The first-order valence-electron chi connectivity index (χ1n) is 11.8. The van der Waals surface area contributed by atoms with Gasteiger partial charge in [-0.15, -0.1) is 0 Å². The number of benzene rings is 3. The predicted octanol–water partition coefficient (Wildman–Crippen LogP) is 6.43. The summed E-state index contributed by atoms with van der Waals surface area (Å²) in [4.78, 5) is 27.3. The van der Waals surface area contributed by atoms with E-state index in [4.69, 9.17) is 12.2 Å². The van der Waals surface area contributed by atoms with Crippen molar-refractivity contribution in [3.05, 3.63) is 101 Å². The molecule has 1 N–H and O–H groups in total. The molecule has 0 aromatic heterocycles. The molecule has 1 heterocycles. The van der Waals surface area contributed by atoms with Crippen molar-refractivity contribution in [2.45, 2.75) is 32.2 Å². The van der Waals surface area contributed by atoms with Gasteiger partial charge in [0.1, 0.15) is 4.32 Å². The number of hydrogen-bond acceptors (Lipinski definition) is 4. The van der Waals surface area contributed by atoms with Crippen molar-refractivity contribution in [1.82, 2.24) is 10.2 Å². The lowest BCUT2D eigenvalue weighted by molar-refractivity contribution is -0.123. The smallest absolute Gasteiger partial charge is 0.266 e. The zero-order valence-electron chi connectivity index (χ0n) is 19.5. The Morgan fingerprint density at radius 1 is 0.857 bits per heavy atom. The van der Waals surface area contributed by atoms with Crippen molar-refractivity contribution >= 4 is 46.2 Å². The van der Waals surface area contributed by atoms with E-state index in [1.807, 2.05) is 66.7 Å². The Kier molecular flexibility index (Phi) is 8.87. The van der Waals surface area contributed by atoms with E-state index in [2.05, 4.69) is 29.6 Å². The monoisotopic (exact) mass is 500 g/mol. The SMILES string of the molecule is O=C(CCCCCN1C(=O)/C(=C/c2ccc(-c3ccccc3)cc2)SC1=S)NCc1ccccc1. The summed E-state index contributed by atoms with van der Waals surface area (Å²) in [6.45, 7) is 1.14. The third-order valence-electron chi connectivity index (χ3n) is 5.81. The van der Waals surface area contributed by atoms with Gasteiger partial charge in [0.25, 0.3) is 5.91 Å². The summed E-state index contributed by atoms with van der Waals surface area (Å²) >= 11 is 6.81. The fraction of sp³-hybridized carbons (Fsp3) is 0.207. The number of amides is 2. The van der Waals surface area contributed by atoms with Crippen LogP contribution in [0, 0.1) is 0 Å². The Morgan fingerprint density at radius 2 is 1.51 bits per heavy atom. The van der Waals surface area contributed by atoms with Gasteiger partial charge in [-0.05, 0) is 41.2 Å². The second-order valence-corrected chi connectivity index (χ2v) is 10.1. The largest absolute Gasteiger partial charge is 0.352 e. The fourth-order valence-corrected chi connectivity index (χ4v) is 5.17. The van der Waals surface area contributed by atoms with E-state index in [1.54, 1.807) is 4.90 Å². The third kappa shape index (κ3) is 7.13. The van der Waals surface area contributed by atoms with E-state index in [1.165, 1.54) is 17.3 Å². The highest BCUT2D eigenvalue weighted by Gasteiger charge is 2.31. The van der Waals surface area contributed by atoms with Crippen LogP contribution in [0.2, 0.25) is 0 Å². The van der Waals surface area contributed by atoms with E-state index in [9.17, 15) is 9.59 Å². The Bertz CT molecular complexity index is 1190. The number of nitrogens with one attached hydrogen (secondary N) is 1. The Morgan fingerprint density at radius 3 is 2.23 bits per heavy atom. The second kappa shape index (κ2) is 12.5. The summed E-state index contributed by atoms with van der Waals surface area (Å²) in [6.07, 6.45) is 4.88. The molecule has 2 amide bonds. The van der Waals surface area contributed by atoms with Gasteiger partial charge in [0.05, 0.1) is 4.91 Å². The average molecular weight is 501 g/mol. The molecule has 0 aliphatic carbocycles. The lowest BCUT2D eigenvalue weighted by Gasteiger charge is -2.14. The molecule has 3 aromatic carbocycles. The van der Waals surface area contributed by atoms with E-state index in [-0.39, 0.29) is 11.8 Å². The maximum absolute atomic E-state index is 12.9. The van der Waals surface area contributed by atoms with Gasteiger partial charge < -0.3 is 5.32 Å². The zero-order valence-corrected chi connectivity index (χ0v) is 21.1. The molecule has 6 heteroatoms. The second-order valence-electron chi connectivity index (χ2n) is 8.39. The van der Waals surface area contributed by atoms with Crippen LogP contribution in [0.3, 0.4) is 0 Å². The topological polar surface area (TPSA) is 49.4 Å². The van der Waals surface area contributed by atoms with Crippen molar-refractivity contribution < 1.29 is 9.59 Å². The maximum atomic E-state index is 12.9. The molecule has 4 rings (SSSR count). The molecule has 35 heavy (non-hydrogen) atoms. The number of nitrogens with zero attached hydrogens (tertiary/aromatic N) is 1. The highest BCUT2D eigenvalue weighted by atomic mass is 32.2. The van der Waals surface area contributed by atoms with E-state index >= 15 is 0 Å². The van der Waals surface area contributed by atoms with Crippen LogP contribution >= 0.6 is 24.0 Å². The Labute approximate surface area is 216 Å². The van der Waals surface area contributed by atoms with Crippen LogP contribution in [-0.4, -0.2) is 27.6 Å². The zero-order chi connectivity index (χ0) is 24.5. The summed E-state index contributed by atoms with van der Waals surface area (Å²) in [6, 6.07) is 28.3. The highest BCUT2D eigenvalue weighted by molar-refractivity contribution is 8.26. The fourth-order valence-electron chi connectivity index (χ4n) is 3.86. The molecule has 3 aromatic rings. The lowest BCUT2D eigenvalue weighted by Crippen LogP contribution is -2.29. The van der Waals surface area contributed by atoms with Crippen LogP contribution in [0.25, 0.3) is 17.2 Å². The van der Waals surface area contributed by atoms with Crippen LogP contribution in [0.4, 0.5) is 0 Å². The summed E-state index contributed by atoms with van der Waals surface area (Å²) < 4.78 is 0.600. The average Bonchev–Trinajstić information content (AvgIpc) is 3.16. The quantitative estimate of drug-likeness (QED) is 0.198. The van der Waals surface area contributed by atoms with Crippen molar-refractivity contribution in [3.63, 3.8) is 0 Å². The lowest BCUT2D eigenvalue weighted by atomic mass is 10.0. The van der Waals surface area contributed by atoms with Crippen LogP contribution in [0.15, 0.2) is 89.8 Å². The number of unbranched alkanes of at least 4 members (excludes halogenated alkanes) is 2. The number of carbonyl (C=O) groups is 2. The van der Waals surface area contributed by atoms with E-state index in [0.29, 0.717) is 28.7 Å². The summed E-state index contributed by atoms with van der Waals surface area (Å²) in [7, 11) is 0. The van der Waals surface area contributed by atoms with Gasteiger partial charge in [-0.3, -0.25) is 14.5 Å². The molecule has 1 aliphatic rings. The molecule has 0 spiro atoms. The first-order valence-corrected chi connectivity index (χ1v) is 13.0. The minimum absolute atomic E-state index is 0.0345. The number of carbonyl (C=O) groups excluding carboxylic acids is 2. The molecule has 1 fully saturated rings. The van der Waals surface area contributed by atoms with Gasteiger partial charge in [-0.1, -0.05) is 115 Å². The molecule has 0 saturated carbocycles. The van der Waals surface area contributed by atoms with Crippen molar-refractivity contribution in [2.24, 2.45) is 0 Å². The molecule has 178 valence electrons. The van der Waals surface area contributed by atoms with Crippen LogP contribution < -0.4 is 5.32 Å². The van der Waals surface area contributed by atoms with Crippen molar-refractivity contribution in [3.8, 4) is 11.1 Å². The van der Waals surface area contributed by atoms with E-state index in [0.717, 1.165) is 36.0 Å². The molecule has 0 atom stereocenters. The van der Waals surface area contributed by atoms with E-state index < -0.39 is 0 Å².